The van der Waals surface area contributed by atoms with Crippen molar-refractivity contribution in [3.05, 3.63) is 18.2 Å². The number of carbonyl (C=O) groups excluding carboxylic acids is 2. The van der Waals surface area contributed by atoms with Crippen LogP contribution < -0.4 is 11.1 Å². The molecule has 6 nitrogen and oxygen atoms in total. The highest BCUT2D eigenvalue weighted by Crippen LogP contribution is 1.96. The van der Waals surface area contributed by atoms with E-state index in [-0.39, 0.29) is 5.91 Å². The van der Waals surface area contributed by atoms with Crippen LogP contribution in [-0.2, 0) is 16.0 Å². The van der Waals surface area contributed by atoms with Crippen molar-refractivity contribution >= 4 is 12.2 Å². The van der Waals surface area contributed by atoms with Crippen LogP contribution in [-0.4, -0.2) is 34.2 Å². The quantitative estimate of drug-likeness (QED) is 0.572. The van der Waals surface area contributed by atoms with Crippen molar-refractivity contribution in [2.75, 3.05) is 0 Å². The zero-order chi connectivity index (χ0) is 11.3. The van der Waals surface area contributed by atoms with E-state index in [4.69, 9.17) is 5.73 Å². The van der Waals surface area contributed by atoms with Crippen LogP contribution in [0.5, 0.6) is 0 Å². The number of rotatable bonds is 5. The summed E-state index contributed by atoms with van der Waals surface area (Å²) in [6.07, 6.45) is 5.21. The molecule has 1 unspecified atom stereocenters. The van der Waals surface area contributed by atoms with Crippen LogP contribution in [0.3, 0.4) is 0 Å². The number of aromatic amines is 1. The monoisotopic (exact) mass is 209 g/mol. The Morgan fingerprint density at radius 2 is 2.53 bits per heavy atom. The lowest BCUT2D eigenvalue weighted by atomic mass is 10.2. The number of nitrogens with one attached hydrogen (secondary N) is 2. The van der Waals surface area contributed by atoms with Crippen molar-refractivity contribution in [2.45, 2.75) is 25.4 Å². The van der Waals surface area contributed by atoms with E-state index >= 15 is 0 Å². The molecule has 0 saturated carbocycles. The molecule has 6 heteroatoms. The van der Waals surface area contributed by atoms with E-state index in [0.29, 0.717) is 12.1 Å². The van der Waals surface area contributed by atoms with Gasteiger partial charge in [0, 0.05) is 12.6 Å². The molecule has 1 heterocycles. The van der Waals surface area contributed by atoms with Crippen LogP contribution in [0.4, 0.5) is 0 Å². The highest BCUT2D eigenvalue weighted by molar-refractivity contribution is 5.83. The first-order chi connectivity index (χ1) is 7.13. The second-order valence-electron chi connectivity index (χ2n) is 3.23. The Labute approximate surface area is 87.3 Å². The molecule has 1 aromatic heterocycles. The summed E-state index contributed by atoms with van der Waals surface area (Å²) in [7, 11) is 0. The maximum Gasteiger partial charge on any atom is 0.237 e. The van der Waals surface area contributed by atoms with Crippen LogP contribution in [0.2, 0.25) is 0 Å². The minimum atomic E-state index is -0.702. The molecule has 0 saturated heterocycles. The van der Waals surface area contributed by atoms with E-state index < -0.39 is 12.1 Å². The highest BCUT2D eigenvalue weighted by atomic mass is 16.2. The molecule has 0 aliphatic rings. The van der Waals surface area contributed by atoms with E-state index in [1.165, 1.54) is 6.33 Å². The largest absolute Gasteiger partial charge is 0.351 e. The van der Waals surface area contributed by atoms with Gasteiger partial charge in [0.05, 0.1) is 18.1 Å². The third-order valence-electron chi connectivity index (χ3n) is 1.84. The van der Waals surface area contributed by atoms with Gasteiger partial charge < -0.3 is 16.0 Å². The van der Waals surface area contributed by atoms with Gasteiger partial charge in [0.2, 0.25) is 12.2 Å². The Hall–Kier alpha value is -1.69. The Kier molecular flexibility index (Phi) is 3.99. The Bertz CT molecular complexity index is 321. The average Bonchev–Trinajstić information content (AvgIpc) is 2.69. The maximum absolute atomic E-state index is 11.2. The summed E-state index contributed by atoms with van der Waals surface area (Å²) in [5.74, 6) is -0.376. The second-order valence-corrected chi connectivity index (χ2v) is 3.23. The van der Waals surface area contributed by atoms with Crippen molar-refractivity contribution in [1.29, 1.82) is 0 Å². The number of amides is 1. The summed E-state index contributed by atoms with van der Waals surface area (Å²) in [6.45, 7) is 1.55. The Morgan fingerprint density at radius 3 is 3.00 bits per heavy atom. The van der Waals surface area contributed by atoms with Crippen molar-refractivity contribution in [3.8, 4) is 0 Å². The molecule has 0 fully saturated rings. The minimum absolute atomic E-state index is 0.311. The van der Waals surface area contributed by atoms with Crippen molar-refractivity contribution < 1.29 is 9.59 Å². The maximum atomic E-state index is 11.2. The smallest absolute Gasteiger partial charge is 0.237 e. The van der Waals surface area contributed by atoms with Gasteiger partial charge in [-0.15, -0.1) is 0 Å². The van der Waals surface area contributed by atoms with Gasteiger partial charge in [0.25, 0.3) is 0 Å². The van der Waals surface area contributed by atoms with E-state index in [2.05, 4.69) is 15.3 Å². The molecule has 1 rings (SSSR count). The number of aromatic nitrogens is 2. The molecular formula is C9H13N4O2. The van der Waals surface area contributed by atoms with Crippen LogP contribution in [0.1, 0.15) is 12.6 Å². The van der Waals surface area contributed by atoms with Gasteiger partial charge in [-0.2, -0.15) is 0 Å². The molecule has 0 bridgehead atoms. The molecule has 0 aromatic carbocycles. The molecule has 81 valence electrons. The fraction of sp³-hybridized carbons (Fsp3) is 0.444. The fourth-order valence-corrected chi connectivity index (χ4v) is 1.04. The lowest BCUT2D eigenvalue weighted by Crippen LogP contribution is -2.45. The number of nitrogens with two attached hydrogens (primary N) is 1. The van der Waals surface area contributed by atoms with Crippen molar-refractivity contribution in [3.63, 3.8) is 0 Å². The topological polar surface area (TPSA) is 101 Å². The third kappa shape index (κ3) is 3.51. The molecular weight excluding hydrogens is 196 g/mol. The Morgan fingerprint density at radius 1 is 1.80 bits per heavy atom. The molecule has 1 radical (unpaired) electrons. The highest BCUT2D eigenvalue weighted by Gasteiger charge is 2.16. The van der Waals surface area contributed by atoms with E-state index in [1.54, 1.807) is 19.4 Å². The number of imidazole rings is 1. The molecule has 15 heavy (non-hydrogen) atoms. The first-order valence-corrected chi connectivity index (χ1v) is 4.54. The van der Waals surface area contributed by atoms with E-state index in [1.807, 2.05) is 0 Å². The number of carbonyl (C=O) groups is 1. The fourth-order valence-electron chi connectivity index (χ4n) is 1.04. The van der Waals surface area contributed by atoms with Crippen LogP contribution in [0.25, 0.3) is 0 Å². The molecule has 0 spiro atoms. The summed E-state index contributed by atoms with van der Waals surface area (Å²) < 4.78 is 0. The summed E-state index contributed by atoms with van der Waals surface area (Å²) in [5, 5.41) is 2.46. The number of hydrogen-bond donors (Lipinski definition) is 3. The van der Waals surface area contributed by atoms with Crippen LogP contribution >= 0.6 is 0 Å². The SMILES string of the molecule is CC(N)C(=O)N[C@H]([C]=O)Cc1c[nH]cn1. The summed E-state index contributed by atoms with van der Waals surface area (Å²) in [4.78, 5) is 28.5. The predicted molar refractivity (Wildman–Crippen MR) is 53.6 cm³/mol. The van der Waals surface area contributed by atoms with Crippen LogP contribution in [0, 0.1) is 0 Å². The molecule has 1 amide bonds. The number of hydrogen-bond acceptors (Lipinski definition) is 4. The average molecular weight is 209 g/mol. The van der Waals surface area contributed by atoms with Gasteiger partial charge in [-0.25, -0.2) is 4.98 Å². The van der Waals surface area contributed by atoms with Gasteiger partial charge in [-0.05, 0) is 6.92 Å². The van der Waals surface area contributed by atoms with Gasteiger partial charge in [-0.3, -0.25) is 9.59 Å². The first-order valence-electron chi connectivity index (χ1n) is 4.54. The summed E-state index contributed by atoms with van der Waals surface area (Å²) in [5.41, 5.74) is 6.04. The van der Waals surface area contributed by atoms with Crippen molar-refractivity contribution in [2.24, 2.45) is 5.73 Å². The van der Waals surface area contributed by atoms with Crippen LogP contribution in [0.15, 0.2) is 12.5 Å². The third-order valence-corrected chi connectivity index (χ3v) is 1.84. The molecule has 0 aliphatic carbocycles. The molecule has 4 N–H and O–H groups in total. The molecule has 2 atom stereocenters. The van der Waals surface area contributed by atoms with Gasteiger partial charge in [0.15, 0.2) is 0 Å². The van der Waals surface area contributed by atoms with Crippen molar-refractivity contribution in [1.82, 2.24) is 15.3 Å². The lowest BCUT2D eigenvalue weighted by molar-refractivity contribution is -0.122. The normalized spacial score (nSPS) is 14.3. The van der Waals surface area contributed by atoms with Gasteiger partial charge in [-0.1, -0.05) is 0 Å². The Balaban J connectivity index is 2.50. The number of nitrogens with zero attached hydrogens (tertiary/aromatic N) is 1. The molecule has 0 aliphatic heterocycles. The minimum Gasteiger partial charge on any atom is -0.351 e. The summed E-state index contributed by atoms with van der Waals surface area (Å²) in [6, 6.07) is -1.34. The van der Waals surface area contributed by atoms with E-state index in [9.17, 15) is 9.59 Å². The first kappa shape index (κ1) is 11.4. The van der Waals surface area contributed by atoms with Gasteiger partial charge >= 0.3 is 0 Å². The molecule has 1 aromatic rings. The van der Waals surface area contributed by atoms with E-state index in [0.717, 1.165) is 0 Å². The second kappa shape index (κ2) is 5.26. The zero-order valence-corrected chi connectivity index (χ0v) is 8.36. The lowest BCUT2D eigenvalue weighted by Gasteiger charge is -2.12. The predicted octanol–water partition coefficient (Wildman–Crippen LogP) is -1.11. The van der Waals surface area contributed by atoms with Gasteiger partial charge in [0.1, 0.15) is 6.04 Å². The zero-order valence-electron chi connectivity index (χ0n) is 8.36. The summed E-state index contributed by atoms with van der Waals surface area (Å²) >= 11 is 0. The standard InChI is InChI=1S/C9H13N4O2/c1-6(10)9(15)13-8(4-14)2-7-3-11-5-12-7/h3,5-6,8H,2,10H2,1H3,(H,11,12)(H,13,15)/t6?,8-/m0/s1. The number of H-pyrrole nitrogens is 1.